The molecule has 0 radical (unpaired) electrons. The third-order valence-corrected chi connectivity index (χ3v) is 1.65. The molecule has 0 spiro atoms. The van der Waals surface area contributed by atoms with Crippen LogP contribution in [0.15, 0.2) is 11.3 Å². The van der Waals surface area contributed by atoms with Gasteiger partial charge >= 0.3 is 6.03 Å². The van der Waals surface area contributed by atoms with Crippen molar-refractivity contribution in [2.45, 2.75) is 20.3 Å². The molecule has 1 aliphatic heterocycles. The normalized spacial score (nSPS) is 21.3. The van der Waals surface area contributed by atoms with Crippen LogP contribution in [-0.4, -0.2) is 11.9 Å². The Bertz CT molecular complexity index is 243. The van der Waals surface area contributed by atoms with Crippen LogP contribution in [0.4, 0.5) is 4.79 Å². The van der Waals surface area contributed by atoms with Crippen molar-refractivity contribution < 1.29 is 9.59 Å². The van der Waals surface area contributed by atoms with Crippen LogP contribution in [0.2, 0.25) is 0 Å². The molecule has 0 unspecified atom stereocenters. The van der Waals surface area contributed by atoms with Gasteiger partial charge in [0, 0.05) is 0 Å². The molecule has 0 atom stereocenters. The van der Waals surface area contributed by atoms with Gasteiger partial charge in [-0.25, -0.2) is 4.79 Å². The fourth-order valence-corrected chi connectivity index (χ4v) is 0.844. The van der Waals surface area contributed by atoms with E-state index in [9.17, 15) is 9.59 Å². The van der Waals surface area contributed by atoms with Crippen LogP contribution in [0.25, 0.3) is 0 Å². The summed E-state index contributed by atoms with van der Waals surface area (Å²) in [4.78, 5) is 21.5. The molecular formula is C7H10N2O2. The van der Waals surface area contributed by atoms with Crippen LogP contribution < -0.4 is 10.6 Å². The lowest BCUT2D eigenvalue weighted by atomic mass is 10.2. The van der Waals surface area contributed by atoms with Gasteiger partial charge in [-0.2, -0.15) is 0 Å². The second-order valence-corrected chi connectivity index (χ2v) is 2.42. The molecule has 0 saturated carbocycles. The van der Waals surface area contributed by atoms with E-state index in [-0.39, 0.29) is 5.91 Å². The SMILES string of the molecule is CCC(C)=C1NC(=O)NC1=O. The summed E-state index contributed by atoms with van der Waals surface area (Å²) < 4.78 is 0. The molecule has 4 nitrogen and oxygen atoms in total. The summed E-state index contributed by atoms with van der Waals surface area (Å²) in [6.45, 7) is 3.75. The lowest BCUT2D eigenvalue weighted by Crippen LogP contribution is -2.22. The van der Waals surface area contributed by atoms with E-state index in [0.29, 0.717) is 5.70 Å². The maximum absolute atomic E-state index is 10.9. The van der Waals surface area contributed by atoms with E-state index >= 15 is 0 Å². The summed E-state index contributed by atoms with van der Waals surface area (Å²) in [5.41, 5.74) is 1.30. The first-order chi connectivity index (χ1) is 5.15. The van der Waals surface area contributed by atoms with Crippen molar-refractivity contribution in [2.24, 2.45) is 0 Å². The highest BCUT2D eigenvalue weighted by atomic mass is 16.2. The number of carbonyl (C=O) groups excluding carboxylic acids is 2. The minimum Gasteiger partial charge on any atom is -0.303 e. The van der Waals surface area contributed by atoms with Crippen molar-refractivity contribution in [1.82, 2.24) is 10.6 Å². The Morgan fingerprint density at radius 2 is 2.00 bits per heavy atom. The van der Waals surface area contributed by atoms with Gasteiger partial charge in [-0.15, -0.1) is 0 Å². The van der Waals surface area contributed by atoms with Gasteiger partial charge in [0.1, 0.15) is 5.70 Å². The standard InChI is InChI=1S/C7H10N2O2/c1-3-4(2)5-6(10)9-7(11)8-5/h3H2,1-2H3,(H2,8,9,10,11). The number of amides is 3. The third kappa shape index (κ3) is 1.39. The summed E-state index contributed by atoms with van der Waals surface area (Å²) in [6.07, 6.45) is 0.767. The zero-order valence-electron chi connectivity index (χ0n) is 6.52. The van der Waals surface area contributed by atoms with E-state index in [4.69, 9.17) is 0 Å². The highest BCUT2D eigenvalue weighted by molar-refractivity contribution is 6.12. The van der Waals surface area contributed by atoms with Gasteiger partial charge < -0.3 is 5.32 Å². The van der Waals surface area contributed by atoms with E-state index in [1.165, 1.54) is 0 Å². The highest BCUT2D eigenvalue weighted by Gasteiger charge is 2.24. The molecule has 0 aromatic rings. The molecule has 60 valence electrons. The van der Waals surface area contributed by atoms with Crippen molar-refractivity contribution >= 4 is 11.9 Å². The third-order valence-electron chi connectivity index (χ3n) is 1.65. The van der Waals surface area contributed by atoms with Gasteiger partial charge in [0.25, 0.3) is 5.91 Å². The number of imide groups is 1. The van der Waals surface area contributed by atoms with Crippen molar-refractivity contribution in [3.63, 3.8) is 0 Å². The summed E-state index contributed by atoms with van der Waals surface area (Å²) in [6, 6.07) is -0.433. The number of hydrogen-bond donors (Lipinski definition) is 2. The molecule has 1 rings (SSSR count). The number of rotatable bonds is 1. The van der Waals surface area contributed by atoms with Crippen LogP contribution in [0.3, 0.4) is 0 Å². The second-order valence-electron chi connectivity index (χ2n) is 2.42. The summed E-state index contributed by atoms with van der Waals surface area (Å²) in [5.74, 6) is -0.325. The van der Waals surface area contributed by atoms with E-state index in [0.717, 1.165) is 12.0 Å². The minimum atomic E-state index is -0.433. The van der Waals surface area contributed by atoms with Gasteiger partial charge in [0.15, 0.2) is 0 Å². The summed E-state index contributed by atoms with van der Waals surface area (Å²) in [7, 11) is 0. The Kier molecular flexibility index (Phi) is 1.94. The van der Waals surface area contributed by atoms with Crippen LogP contribution in [0.5, 0.6) is 0 Å². The minimum absolute atomic E-state index is 0.325. The first kappa shape index (κ1) is 7.78. The molecule has 0 aromatic carbocycles. The molecular weight excluding hydrogens is 144 g/mol. The molecule has 1 aliphatic rings. The molecule has 1 heterocycles. The van der Waals surface area contributed by atoms with E-state index in [1.54, 1.807) is 0 Å². The summed E-state index contributed by atoms with van der Waals surface area (Å²) in [5, 5.41) is 4.57. The Morgan fingerprint density at radius 3 is 2.36 bits per heavy atom. The monoisotopic (exact) mass is 154 g/mol. The largest absolute Gasteiger partial charge is 0.326 e. The lowest BCUT2D eigenvalue weighted by molar-refractivity contribution is -0.115. The van der Waals surface area contributed by atoms with Gasteiger partial charge in [0.05, 0.1) is 0 Å². The summed E-state index contributed by atoms with van der Waals surface area (Å²) >= 11 is 0. The van der Waals surface area contributed by atoms with Crippen LogP contribution in [0.1, 0.15) is 20.3 Å². The topological polar surface area (TPSA) is 58.2 Å². The van der Waals surface area contributed by atoms with Crippen molar-refractivity contribution in [3.8, 4) is 0 Å². The zero-order valence-corrected chi connectivity index (χ0v) is 6.52. The van der Waals surface area contributed by atoms with Gasteiger partial charge in [-0.1, -0.05) is 6.92 Å². The van der Waals surface area contributed by atoms with E-state index in [1.807, 2.05) is 13.8 Å². The predicted octanol–water partition coefficient (Wildman–Crippen LogP) is 0.510. The van der Waals surface area contributed by atoms with E-state index < -0.39 is 6.03 Å². The fraction of sp³-hybridized carbons (Fsp3) is 0.429. The van der Waals surface area contributed by atoms with Crippen molar-refractivity contribution in [2.75, 3.05) is 0 Å². The number of urea groups is 1. The average Bonchev–Trinajstić information content (AvgIpc) is 2.28. The molecule has 1 saturated heterocycles. The van der Waals surface area contributed by atoms with Crippen molar-refractivity contribution in [1.29, 1.82) is 0 Å². The Hall–Kier alpha value is -1.32. The maximum atomic E-state index is 10.9. The molecule has 2 N–H and O–H groups in total. The smallest absolute Gasteiger partial charge is 0.303 e. The number of allylic oxidation sites excluding steroid dienone is 1. The Morgan fingerprint density at radius 1 is 1.36 bits per heavy atom. The Balaban J connectivity index is 2.90. The molecule has 0 aromatic heterocycles. The molecule has 3 amide bonds. The van der Waals surface area contributed by atoms with Gasteiger partial charge in [0.2, 0.25) is 0 Å². The van der Waals surface area contributed by atoms with Crippen LogP contribution >= 0.6 is 0 Å². The average molecular weight is 154 g/mol. The fourth-order valence-electron chi connectivity index (χ4n) is 0.844. The second kappa shape index (κ2) is 2.74. The number of hydrogen-bond acceptors (Lipinski definition) is 2. The molecule has 0 bridgehead atoms. The number of carbonyl (C=O) groups is 2. The molecule has 11 heavy (non-hydrogen) atoms. The van der Waals surface area contributed by atoms with E-state index in [2.05, 4.69) is 10.6 Å². The quantitative estimate of drug-likeness (QED) is 0.427. The molecule has 4 heteroatoms. The Labute approximate surface area is 64.7 Å². The van der Waals surface area contributed by atoms with Crippen molar-refractivity contribution in [3.05, 3.63) is 11.3 Å². The van der Waals surface area contributed by atoms with Crippen LogP contribution in [0, 0.1) is 0 Å². The maximum Gasteiger partial charge on any atom is 0.326 e. The van der Waals surface area contributed by atoms with Gasteiger partial charge in [-0.05, 0) is 18.9 Å². The predicted molar refractivity (Wildman–Crippen MR) is 39.7 cm³/mol. The highest BCUT2D eigenvalue weighted by Crippen LogP contribution is 2.08. The van der Waals surface area contributed by atoms with Crippen LogP contribution in [-0.2, 0) is 4.79 Å². The lowest BCUT2D eigenvalue weighted by Gasteiger charge is -1.97. The number of nitrogens with one attached hydrogen (secondary N) is 2. The molecule has 1 fully saturated rings. The molecule has 0 aliphatic carbocycles. The first-order valence-electron chi connectivity index (χ1n) is 3.47. The zero-order chi connectivity index (χ0) is 8.43. The first-order valence-corrected chi connectivity index (χ1v) is 3.47. The van der Waals surface area contributed by atoms with Gasteiger partial charge in [-0.3, -0.25) is 10.1 Å².